The molecule has 3 N–H and O–H groups in total. The van der Waals surface area contributed by atoms with E-state index < -0.39 is 6.29 Å². The van der Waals surface area contributed by atoms with E-state index in [9.17, 15) is 4.79 Å². The Balaban J connectivity index is 2.05. The van der Waals surface area contributed by atoms with Crippen molar-refractivity contribution in [2.24, 2.45) is 0 Å². The zero-order valence-corrected chi connectivity index (χ0v) is 9.60. The van der Waals surface area contributed by atoms with Crippen LogP contribution in [0.15, 0.2) is 24.3 Å². The van der Waals surface area contributed by atoms with Crippen LogP contribution in [0.4, 0.5) is 0 Å². The highest BCUT2D eigenvalue weighted by molar-refractivity contribution is 5.94. The topological polar surface area (TPSA) is 69.6 Å². The summed E-state index contributed by atoms with van der Waals surface area (Å²) >= 11 is 0. The second kappa shape index (κ2) is 5.29. The van der Waals surface area contributed by atoms with Crippen molar-refractivity contribution in [3.63, 3.8) is 0 Å². The van der Waals surface area contributed by atoms with Gasteiger partial charge in [0.2, 0.25) is 0 Å². The van der Waals surface area contributed by atoms with Crippen LogP contribution in [0.25, 0.3) is 0 Å². The van der Waals surface area contributed by atoms with Crippen LogP contribution < -0.4 is 5.32 Å². The SMILES string of the molecule is O=C(NC1CCCC1)c1cccc(C(O)O)c1. The van der Waals surface area contributed by atoms with Crippen LogP contribution >= 0.6 is 0 Å². The molecule has 0 bridgehead atoms. The number of nitrogens with one attached hydrogen (secondary N) is 1. The Morgan fingerprint density at radius 3 is 2.65 bits per heavy atom. The standard InChI is InChI=1S/C13H17NO3/c15-12(14-11-6-1-2-7-11)9-4-3-5-10(8-9)13(16)17/h3-5,8,11,13,16-17H,1-2,6-7H2,(H,14,15). The Morgan fingerprint density at radius 2 is 2.00 bits per heavy atom. The van der Waals surface area contributed by atoms with Gasteiger partial charge in [-0.25, -0.2) is 0 Å². The predicted molar refractivity (Wildman–Crippen MR) is 63.3 cm³/mol. The van der Waals surface area contributed by atoms with Gasteiger partial charge in [0, 0.05) is 17.2 Å². The van der Waals surface area contributed by atoms with Gasteiger partial charge < -0.3 is 15.5 Å². The van der Waals surface area contributed by atoms with Crippen molar-refractivity contribution in [2.45, 2.75) is 38.0 Å². The summed E-state index contributed by atoms with van der Waals surface area (Å²) in [6.07, 6.45) is 2.87. The number of aliphatic hydroxyl groups is 2. The van der Waals surface area contributed by atoms with E-state index in [1.165, 1.54) is 18.9 Å². The molecular weight excluding hydrogens is 218 g/mol. The molecule has 0 unspecified atom stereocenters. The molecule has 0 aromatic heterocycles. The minimum absolute atomic E-state index is 0.139. The average molecular weight is 235 g/mol. The first-order chi connectivity index (χ1) is 8.16. The van der Waals surface area contributed by atoms with Crippen LogP contribution in [-0.4, -0.2) is 22.2 Å². The summed E-state index contributed by atoms with van der Waals surface area (Å²) in [5.74, 6) is -0.139. The number of benzene rings is 1. The molecule has 1 aromatic rings. The first-order valence-corrected chi connectivity index (χ1v) is 5.94. The number of carbonyl (C=O) groups excluding carboxylic acids is 1. The van der Waals surface area contributed by atoms with E-state index in [4.69, 9.17) is 10.2 Å². The molecule has 4 nitrogen and oxygen atoms in total. The molecule has 1 aliphatic rings. The molecule has 0 atom stereocenters. The van der Waals surface area contributed by atoms with Crippen LogP contribution in [0.3, 0.4) is 0 Å². The Labute approximate surface area is 100 Å². The molecule has 1 saturated carbocycles. The van der Waals surface area contributed by atoms with Gasteiger partial charge in [-0.05, 0) is 25.0 Å². The summed E-state index contributed by atoms with van der Waals surface area (Å²) in [6, 6.07) is 6.69. The molecule has 1 amide bonds. The second-order valence-electron chi connectivity index (χ2n) is 4.45. The molecule has 0 spiro atoms. The van der Waals surface area contributed by atoms with E-state index in [2.05, 4.69) is 5.32 Å². The van der Waals surface area contributed by atoms with Gasteiger partial charge in [-0.2, -0.15) is 0 Å². The molecule has 17 heavy (non-hydrogen) atoms. The largest absolute Gasteiger partial charge is 0.364 e. The quantitative estimate of drug-likeness (QED) is 0.692. The molecule has 2 rings (SSSR count). The Hall–Kier alpha value is -1.39. The maximum Gasteiger partial charge on any atom is 0.251 e. The fourth-order valence-electron chi connectivity index (χ4n) is 2.18. The van der Waals surface area contributed by atoms with E-state index in [1.54, 1.807) is 18.2 Å². The van der Waals surface area contributed by atoms with Gasteiger partial charge in [0.05, 0.1) is 0 Å². The van der Waals surface area contributed by atoms with Crippen LogP contribution in [0.1, 0.15) is 47.9 Å². The molecule has 4 heteroatoms. The smallest absolute Gasteiger partial charge is 0.251 e. The van der Waals surface area contributed by atoms with Crippen molar-refractivity contribution < 1.29 is 15.0 Å². The fraction of sp³-hybridized carbons (Fsp3) is 0.462. The third-order valence-corrected chi connectivity index (χ3v) is 3.14. The normalized spacial score (nSPS) is 16.4. The summed E-state index contributed by atoms with van der Waals surface area (Å²) in [5, 5.41) is 21.0. The van der Waals surface area contributed by atoms with E-state index in [-0.39, 0.29) is 11.9 Å². The molecule has 1 aromatic carbocycles. The third-order valence-electron chi connectivity index (χ3n) is 3.14. The Kier molecular flexibility index (Phi) is 3.76. The van der Waals surface area contributed by atoms with Crippen molar-refractivity contribution in [1.29, 1.82) is 0 Å². The van der Waals surface area contributed by atoms with Crippen molar-refractivity contribution >= 4 is 5.91 Å². The number of amides is 1. The van der Waals surface area contributed by atoms with Gasteiger partial charge in [-0.3, -0.25) is 4.79 Å². The van der Waals surface area contributed by atoms with Crippen LogP contribution in [0, 0.1) is 0 Å². The lowest BCUT2D eigenvalue weighted by Gasteiger charge is -2.12. The van der Waals surface area contributed by atoms with Gasteiger partial charge >= 0.3 is 0 Å². The molecular formula is C13H17NO3. The summed E-state index contributed by atoms with van der Waals surface area (Å²) in [7, 11) is 0. The average Bonchev–Trinajstić information content (AvgIpc) is 2.82. The molecule has 0 heterocycles. The predicted octanol–water partition coefficient (Wildman–Crippen LogP) is 1.34. The van der Waals surface area contributed by atoms with Crippen LogP contribution in [-0.2, 0) is 0 Å². The lowest BCUT2D eigenvalue weighted by atomic mass is 10.1. The van der Waals surface area contributed by atoms with E-state index >= 15 is 0 Å². The highest BCUT2D eigenvalue weighted by Crippen LogP contribution is 2.18. The van der Waals surface area contributed by atoms with Crippen molar-refractivity contribution in [1.82, 2.24) is 5.32 Å². The summed E-state index contributed by atoms with van der Waals surface area (Å²) in [5.41, 5.74) is 0.812. The summed E-state index contributed by atoms with van der Waals surface area (Å²) in [4.78, 5) is 11.9. The second-order valence-corrected chi connectivity index (χ2v) is 4.45. The first-order valence-electron chi connectivity index (χ1n) is 5.94. The van der Waals surface area contributed by atoms with Gasteiger partial charge in [0.1, 0.15) is 0 Å². The first kappa shape index (κ1) is 12.1. The highest BCUT2D eigenvalue weighted by atomic mass is 16.5. The molecule has 0 radical (unpaired) electrons. The van der Waals surface area contributed by atoms with Gasteiger partial charge in [0.25, 0.3) is 5.91 Å². The third kappa shape index (κ3) is 3.05. The maximum absolute atomic E-state index is 11.9. The molecule has 92 valence electrons. The van der Waals surface area contributed by atoms with Crippen LogP contribution in [0.2, 0.25) is 0 Å². The van der Waals surface area contributed by atoms with Crippen molar-refractivity contribution in [3.05, 3.63) is 35.4 Å². The monoisotopic (exact) mass is 235 g/mol. The van der Waals surface area contributed by atoms with Gasteiger partial charge in [0.15, 0.2) is 6.29 Å². The summed E-state index contributed by atoms with van der Waals surface area (Å²) < 4.78 is 0. The number of aliphatic hydroxyl groups excluding tert-OH is 1. The van der Waals surface area contributed by atoms with E-state index in [0.717, 1.165) is 12.8 Å². The minimum Gasteiger partial charge on any atom is -0.364 e. The van der Waals surface area contributed by atoms with Gasteiger partial charge in [-0.1, -0.05) is 25.0 Å². The minimum atomic E-state index is -1.53. The lowest BCUT2D eigenvalue weighted by molar-refractivity contribution is -0.0425. The van der Waals surface area contributed by atoms with E-state index in [0.29, 0.717) is 11.1 Å². The molecule has 0 aliphatic heterocycles. The maximum atomic E-state index is 11.9. The van der Waals surface area contributed by atoms with Crippen molar-refractivity contribution in [2.75, 3.05) is 0 Å². The van der Waals surface area contributed by atoms with E-state index in [1.807, 2.05) is 0 Å². The Bertz CT molecular complexity index is 397. The number of carbonyl (C=O) groups is 1. The van der Waals surface area contributed by atoms with Gasteiger partial charge in [-0.15, -0.1) is 0 Å². The fourth-order valence-corrected chi connectivity index (χ4v) is 2.18. The zero-order chi connectivity index (χ0) is 12.3. The molecule has 1 aliphatic carbocycles. The number of hydrogen-bond donors (Lipinski definition) is 3. The number of rotatable bonds is 3. The lowest BCUT2D eigenvalue weighted by Crippen LogP contribution is -2.32. The zero-order valence-electron chi connectivity index (χ0n) is 9.60. The van der Waals surface area contributed by atoms with Crippen molar-refractivity contribution in [3.8, 4) is 0 Å². The summed E-state index contributed by atoms with van der Waals surface area (Å²) in [6.45, 7) is 0. The highest BCUT2D eigenvalue weighted by Gasteiger charge is 2.18. The Morgan fingerprint density at radius 1 is 1.29 bits per heavy atom. The number of hydrogen-bond acceptors (Lipinski definition) is 3. The molecule has 1 fully saturated rings. The molecule has 0 saturated heterocycles. The van der Waals surface area contributed by atoms with Crippen LogP contribution in [0.5, 0.6) is 0 Å².